The molecule has 2 rings (SSSR count). The fraction of sp³-hybridized carbons (Fsp3) is 0.308. The van der Waals surface area contributed by atoms with Crippen LogP contribution in [0.3, 0.4) is 0 Å². The van der Waals surface area contributed by atoms with Crippen molar-refractivity contribution in [3.63, 3.8) is 0 Å². The highest BCUT2D eigenvalue weighted by atomic mass is 32.1. The van der Waals surface area contributed by atoms with Crippen molar-refractivity contribution in [2.24, 2.45) is 0 Å². The number of aliphatic carboxylic acids is 1. The van der Waals surface area contributed by atoms with Crippen LogP contribution in [0.4, 0.5) is 5.13 Å². The van der Waals surface area contributed by atoms with Crippen LogP contribution < -0.4 is 10.0 Å². The third kappa shape index (κ3) is 3.75. The van der Waals surface area contributed by atoms with Gasteiger partial charge in [0.05, 0.1) is 12.5 Å². The van der Waals surface area contributed by atoms with Crippen LogP contribution in [0.5, 0.6) is 0 Å². The lowest BCUT2D eigenvalue weighted by Crippen LogP contribution is -2.35. The van der Waals surface area contributed by atoms with Gasteiger partial charge in [-0.2, -0.15) is 4.37 Å². The van der Waals surface area contributed by atoms with Crippen LogP contribution in [0.2, 0.25) is 0 Å². The third-order valence-electron chi connectivity index (χ3n) is 2.63. The molecule has 0 radical (unpaired) electrons. The molecule has 0 unspecified atom stereocenters. The molecular formula is C13H14N3O2S-. The standard InChI is InChI=1S/C13H15N3O2S/c1-9-3-5-10(6-4-9)7-11-14-13(19-15-11)16(2)8-12(17)18/h3-6H,7-8H2,1-2H3,(H,17,18)/p-1. The number of hydrogen-bond donors (Lipinski definition) is 0. The van der Waals surface area contributed by atoms with Crippen molar-refractivity contribution in [2.45, 2.75) is 13.3 Å². The van der Waals surface area contributed by atoms with Crippen LogP contribution in [0.1, 0.15) is 17.0 Å². The van der Waals surface area contributed by atoms with Gasteiger partial charge in [0.1, 0.15) is 5.82 Å². The molecule has 0 aliphatic heterocycles. The van der Waals surface area contributed by atoms with Gasteiger partial charge < -0.3 is 14.8 Å². The van der Waals surface area contributed by atoms with Gasteiger partial charge in [-0.05, 0) is 12.5 Å². The number of rotatable bonds is 5. The van der Waals surface area contributed by atoms with Crippen molar-refractivity contribution in [1.82, 2.24) is 9.36 Å². The van der Waals surface area contributed by atoms with Gasteiger partial charge in [0.15, 0.2) is 0 Å². The summed E-state index contributed by atoms with van der Waals surface area (Å²) in [6.45, 7) is 1.86. The highest BCUT2D eigenvalue weighted by Crippen LogP contribution is 2.17. The van der Waals surface area contributed by atoms with Gasteiger partial charge in [0, 0.05) is 25.0 Å². The van der Waals surface area contributed by atoms with E-state index in [9.17, 15) is 9.90 Å². The molecule has 0 fully saturated rings. The molecule has 0 saturated heterocycles. The lowest BCUT2D eigenvalue weighted by Gasteiger charge is -2.14. The molecule has 1 aromatic carbocycles. The molecule has 0 bridgehead atoms. The molecule has 0 saturated carbocycles. The number of carboxylic acid groups (broad SMARTS) is 1. The molecule has 19 heavy (non-hydrogen) atoms. The molecule has 2 aromatic rings. The molecule has 0 atom stereocenters. The molecule has 6 heteroatoms. The van der Waals surface area contributed by atoms with Gasteiger partial charge in [-0.3, -0.25) is 0 Å². The number of carbonyl (C=O) groups excluding carboxylic acids is 1. The number of hydrogen-bond acceptors (Lipinski definition) is 6. The summed E-state index contributed by atoms with van der Waals surface area (Å²) in [6.07, 6.45) is 0.649. The van der Waals surface area contributed by atoms with Gasteiger partial charge in [0.2, 0.25) is 5.13 Å². The summed E-state index contributed by atoms with van der Waals surface area (Å²) in [7, 11) is 1.66. The minimum Gasteiger partial charge on any atom is -0.548 e. The van der Waals surface area contributed by atoms with Gasteiger partial charge >= 0.3 is 0 Å². The molecule has 0 spiro atoms. The molecular weight excluding hydrogens is 262 g/mol. The molecule has 100 valence electrons. The van der Waals surface area contributed by atoms with Crippen LogP contribution in [0.15, 0.2) is 24.3 Å². The average Bonchev–Trinajstić information content (AvgIpc) is 2.80. The van der Waals surface area contributed by atoms with E-state index in [0.29, 0.717) is 17.4 Å². The molecule has 0 aliphatic carbocycles. The number of aryl methyl sites for hydroxylation is 1. The Kier molecular flexibility index (Phi) is 4.11. The highest BCUT2D eigenvalue weighted by Gasteiger charge is 2.09. The Bertz CT molecular complexity index is 566. The lowest BCUT2D eigenvalue weighted by atomic mass is 10.1. The van der Waals surface area contributed by atoms with E-state index in [1.165, 1.54) is 22.0 Å². The number of carbonyl (C=O) groups is 1. The summed E-state index contributed by atoms with van der Waals surface area (Å²) in [5, 5.41) is 11.1. The maximum atomic E-state index is 10.5. The summed E-state index contributed by atoms with van der Waals surface area (Å²) in [5.41, 5.74) is 2.35. The fourth-order valence-electron chi connectivity index (χ4n) is 1.62. The van der Waals surface area contributed by atoms with Crippen molar-refractivity contribution in [1.29, 1.82) is 0 Å². The summed E-state index contributed by atoms with van der Waals surface area (Å²) in [4.78, 5) is 16.4. The molecule has 1 aromatic heterocycles. The zero-order valence-corrected chi connectivity index (χ0v) is 11.6. The summed E-state index contributed by atoms with van der Waals surface area (Å²) in [6, 6.07) is 8.18. The number of carboxylic acids is 1. The second-order valence-corrected chi connectivity index (χ2v) is 5.11. The van der Waals surface area contributed by atoms with Crippen molar-refractivity contribution < 1.29 is 9.90 Å². The maximum Gasteiger partial charge on any atom is 0.205 e. The first kappa shape index (κ1) is 13.5. The molecule has 0 amide bonds. The number of nitrogens with zero attached hydrogens (tertiary/aromatic N) is 3. The van der Waals surface area contributed by atoms with E-state index in [0.717, 1.165) is 5.56 Å². The van der Waals surface area contributed by atoms with Crippen LogP contribution in [-0.4, -0.2) is 28.9 Å². The second-order valence-electron chi connectivity index (χ2n) is 4.38. The van der Waals surface area contributed by atoms with Crippen LogP contribution in [-0.2, 0) is 11.2 Å². The topological polar surface area (TPSA) is 69.2 Å². The van der Waals surface area contributed by atoms with Crippen LogP contribution in [0.25, 0.3) is 0 Å². The first-order valence-electron chi connectivity index (χ1n) is 5.83. The van der Waals surface area contributed by atoms with E-state index in [1.54, 1.807) is 7.05 Å². The van der Waals surface area contributed by atoms with Crippen LogP contribution >= 0.6 is 11.5 Å². The lowest BCUT2D eigenvalue weighted by molar-refractivity contribution is -0.303. The zero-order chi connectivity index (χ0) is 13.8. The average molecular weight is 276 g/mol. The van der Waals surface area contributed by atoms with Gasteiger partial charge in [-0.15, -0.1) is 0 Å². The molecule has 0 aliphatic rings. The SMILES string of the molecule is Cc1ccc(Cc2nsc(N(C)CC(=O)[O-])n2)cc1. The van der Waals surface area contributed by atoms with Gasteiger partial charge in [-0.1, -0.05) is 29.8 Å². The zero-order valence-electron chi connectivity index (χ0n) is 10.8. The summed E-state index contributed by atoms with van der Waals surface area (Å²) < 4.78 is 4.24. The molecule has 0 N–H and O–H groups in total. The summed E-state index contributed by atoms with van der Waals surface area (Å²) >= 11 is 1.20. The second kappa shape index (κ2) is 5.79. The Morgan fingerprint density at radius 2 is 2.05 bits per heavy atom. The smallest absolute Gasteiger partial charge is 0.205 e. The maximum absolute atomic E-state index is 10.5. The van der Waals surface area contributed by atoms with Gasteiger partial charge in [0.25, 0.3) is 0 Å². The predicted octanol–water partition coefficient (Wildman–Crippen LogP) is 0.623. The Balaban J connectivity index is 2.04. The Hall–Kier alpha value is -1.95. The number of aromatic nitrogens is 2. The normalized spacial score (nSPS) is 10.4. The molecule has 5 nitrogen and oxygen atoms in total. The monoisotopic (exact) mass is 276 g/mol. The Morgan fingerprint density at radius 1 is 1.37 bits per heavy atom. The van der Waals surface area contributed by atoms with E-state index < -0.39 is 5.97 Å². The van der Waals surface area contributed by atoms with E-state index in [4.69, 9.17) is 0 Å². The third-order valence-corrected chi connectivity index (χ3v) is 3.50. The number of benzene rings is 1. The summed E-state index contributed by atoms with van der Waals surface area (Å²) in [5.74, 6) is -0.424. The van der Waals surface area contributed by atoms with Crippen LogP contribution in [0, 0.1) is 6.92 Å². The van der Waals surface area contributed by atoms with Crippen molar-refractivity contribution in [2.75, 3.05) is 18.5 Å². The Morgan fingerprint density at radius 3 is 2.68 bits per heavy atom. The van der Waals surface area contributed by atoms with Crippen molar-refractivity contribution in [3.05, 3.63) is 41.2 Å². The quantitative estimate of drug-likeness (QED) is 0.801. The van der Waals surface area contributed by atoms with E-state index in [2.05, 4.69) is 9.36 Å². The fourth-order valence-corrected chi connectivity index (χ4v) is 2.26. The molecule has 1 heterocycles. The van der Waals surface area contributed by atoms with E-state index in [1.807, 2.05) is 31.2 Å². The number of anilines is 1. The van der Waals surface area contributed by atoms with Crippen molar-refractivity contribution in [3.8, 4) is 0 Å². The minimum absolute atomic E-state index is 0.181. The Labute approximate surface area is 115 Å². The van der Waals surface area contributed by atoms with E-state index in [-0.39, 0.29) is 6.54 Å². The van der Waals surface area contributed by atoms with Crippen molar-refractivity contribution >= 4 is 22.6 Å². The first-order valence-corrected chi connectivity index (χ1v) is 6.61. The minimum atomic E-state index is -1.13. The largest absolute Gasteiger partial charge is 0.548 e. The first-order chi connectivity index (χ1) is 9.04. The highest BCUT2D eigenvalue weighted by molar-refractivity contribution is 7.09. The predicted molar refractivity (Wildman–Crippen MR) is 72.2 cm³/mol. The van der Waals surface area contributed by atoms with E-state index >= 15 is 0 Å². The van der Waals surface area contributed by atoms with Gasteiger partial charge in [-0.25, -0.2) is 4.98 Å². The number of likely N-dealkylation sites (N-methyl/N-ethyl adjacent to an activating group) is 1.